The average Bonchev–Trinajstić information content (AvgIpc) is 2.40. The van der Waals surface area contributed by atoms with Crippen LogP contribution >= 0.6 is 0 Å². The second kappa shape index (κ2) is 5.86. The van der Waals surface area contributed by atoms with Crippen LogP contribution in [0.2, 0.25) is 0 Å². The molecule has 0 aliphatic carbocycles. The molecule has 0 amide bonds. The van der Waals surface area contributed by atoms with Crippen molar-refractivity contribution in [1.82, 2.24) is 9.97 Å². The molecule has 0 saturated carbocycles. The van der Waals surface area contributed by atoms with Crippen LogP contribution in [0.15, 0.2) is 36.7 Å². The highest BCUT2D eigenvalue weighted by molar-refractivity contribution is 5.54. The predicted octanol–water partition coefficient (Wildman–Crippen LogP) is 1.50. The molecule has 0 bridgehead atoms. The summed E-state index contributed by atoms with van der Waals surface area (Å²) in [5, 5.41) is 0. The Kier molecular flexibility index (Phi) is 4.19. The maximum Gasteiger partial charge on any atom is 0.159 e. The monoisotopic (exact) mass is 260 g/mol. The van der Waals surface area contributed by atoms with Gasteiger partial charge in [0.05, 0.1) is 12.4 Å². The van der Waals surface area contributed by atoms with Crippen molar-refractivity contribution in [3.63, 3.8) is 0 Å². The second-order valence-corrected chi connectivity index (χ2v) is 4.65. The summed E-state index contributed by atoms with van der Waals surface area (Å²) in [5.41, 5.74) is 13.6. The first-order chi connectivity index (χ1) is 9.06. The van der Waals surface area contributed by atoms with Crippen LogP contribution in [0.4, 0.5) is 4.39 Å². The van der Waals surface area contributed by atoms with E-state index in [2.05, 4.69) is 9.97 Å². The van der Waals surface area contributed by atoms with E-state index in [1.54, 1.807) is 0 Å². The maximum absolute atomic E-state index is 12.7. The summed E-state index contributed by atoms with van der Waals surface area (Å²) < 4.78 is 12.7. The van der Waals surface area contributed by atoms with Gasteiger partial charge in [-0.1, -0.05) is 24.3 Å². The zero-order valence-electron chi connectivity index (χ0n) is 10.8. The lowest BCUT2D eigenvalue weighted by atomic mass is 10.0. The number of rotatable bonds is 4. The summed E-state index contributed by atoms with van der Waals surface area (Å²) in [6.45, 7) is 1.89. The van der Waals surface area contributed by atoms with Gasteiger partial charge in [-0.15, -0.1) is 0 Å². The topological polar surface area (TPSA) is 77.8 Å². The van der Waals surface area contributed by atoms with Gasteiger partial charge in [-0.3, -0.25) is 0 Å². The van der Waals surface area contributed by atoms with E-state index in [0.717, 1.165) is 29.9 Å². The molecule has 0 aliphatic heterocycles. The first-order valence-electron chi connectivity index (χ1n) is 6.14. The summed E-state index contributed by atoms with van der Waals surface area (Å²) in [6, 6.07) is 7.62. The van der Waals surface area contributed by atoms with Gasteiger partial charge in [-0.05, 0) is 18.9 Å². The standard InChI is InChI=1S/C14H17FN4/c1-9(16)13(17)6-10-2-4-11(5-3-10)14-18-7-12(15)8-19-14/h2-5,7-9,13H,6,16-17H2,1H3. The minimum absolute atomic E-state index is 0.0416. The third kappa shape index (κ3) is 3.56. The van der Waals surface area contributed by atoms with Crippen LogP contribution in [-0.2, 0) is 6.42 Å². The molecule has 5 heteroatoms. The van der Waals surface area contributed by atoms with E-state index in [0.29, 0.717) is 5.82 Å². The van der Waals surface area contributed by atoms with E-state index in [1.807, 2.05) is 31.2 Å². The normalized spacial score (nSPS) is 14.1. The fourth-order valence-electron chi connectivity index (χ4n) is 1.71. The molecule has 0 saturated heterocycles. The van der Waals surface area contributed by atoms with E-state index < -0.39 is 5.82 Å². The zero-order chi connectivity index (χ0) is 13.8. The molecule has 0 spiro atoms. The van der Waals surface area contributed by atoms with Crippen molar-refractivity contribution >= 4 is 0 Å². The minimum Gasteiger partial charge on any atom is -0.327 e. The van der Waals surface area contributed by atoms with Crippen molar-refractivity contribution in [3.8, 4) is 11.4 Å². The Hall–Kier alpha value is -1.85. The number of aromatic nitrogens is 2. The molecular formula is C14H17FN4. The first kappa shape index (κ1) is 13.6. The number of nitrogens with two attached hydrogens (primary N) is 2. The largest absolute Gasteiger partial charge is 0.327 e. The van der Waals surface area contributed by atoms with Gasteiger partial charge in [0, 0.05) is 17.6 Å². The van der Waals surface area contributed by atoms with Crippen LogP contribution < -0.4 is 11.5 Å². The number of hydrogen-bond acceptors (Lipinski definition) is 4. The number of halogens is 1. The van der Waals surface area contributed by atoms with E-state index >= 15 is 0 Å². The van der Waals surface area contributed by atoms with Crippen LogP contribution in [0.25, 0.3) is 11.4 Å². The SMILES string of the molecule is CC(N)C(N)Cc1ccc(-c2ncc(F)cn2)cc1. The number of benzene rings is 1. The fraction of sp³-hybridized carbons (Fsp3) is 0.286. The van der Waals surface area contributed by atoms with Crippen molar-refractivity contribution in [2.45, 2.75) is 25.4 Å². The predicted molar refractivity (Wildman–Crippen MR) is 72.8 cm³/mol. The van der Waals surface area contributed by atoms with Gasteiger partial charge in [-0.2, -0.15) is 0 Å². The molecule has 2 atom stereocenters. The molecule has 4 nitrogen and oxygen atoms in total. The summed E-state index contributed by atoms with van der Waals surface area (Å²) >= 11 is 0. The Balaban J connectivity index is 2.12. The quantitative estimate of drug-likeness (QED) is 0.873. The van der Waals surface area contributed by atoms with Crippen LogP contribution in [0.3, 0.4) is 0 Å². The molecule has 1 aromatic carbocycles. The van der Waals surface area contributed by atoms with Crippen molar-refractivity contribution in [1.29, 1.82) is 0 Å². The maximum atomic E-state index is 12.7. The van der Waals surface area contributed by atoms with Gasteiger partial charge in [0.25, 0.3) is 0 Å². The van der Waals surface area contributed by atoms with Crippen molar-refractivity contribution in [3.05, 3.63) is 48.0 Å². The lowest BCUT2D eigenvalue weighted by Gasteiger charge is -2.15. The lowest BCUT2D eigenvalue weighted by molar-refractivity contribution is 0.557. The van der Waals surface area contributed by atoms with Gasteiger partial charge in [-0.25, -0.2) is 14.4 Å². The summed E-state index contributed by atoms with van der Waals surface area (Å²) in [7, 11) is 0. The fourth-order valence-corrected chi connectivity index (χ4v) is 1.71. The van der Waals surface area contributed by atoms with Crippen LogP contribution in [0, 0.1) is 5.82 Å². The molecule has 19 heavy (non-hydrogen) atoms. The van der Waals surface area contributed by atoms with Gasteiger partial charge >= 0.3 is 0 Å². The molecule has 2 rings (SSSR count). The summed E-state index contributed by atoms with van der Waals surface area (Å²) in [6.07, 6.45) is 3.03. The van der Waals surface area contributed by atoms with Crippen molar-refractivity contribution in [2.75, 3.05) is 0 Å². The number of hydrogen-bond donors (Lipinski definition) is 2. The highest BCUT2D eigenvalue weighted by Gasteiger charge is 2.09. The zero-order valence-corrected chi connectivity index (χ0v) is 10.8. The first-order valence-corrected chi connectivity index (χ1v) is 6.14. The van der Waals surface area contributed by atoms with Gasteiger partial charge in [0.1, 0.15) is 0 Å². The molecule has 2 aromatic rings. The Morgan fingerprint density at radius 3 is 2.21 bits per heavy atom. The summed E-state index contributed by atoms with van der Waals surface area (Å²) in [4.78, 5) is 7.87. The van der Waals surface area contributed by atoms with Gasteiger partial charge in [0.15, 0.2) is 11.6 Å². The third-order valence-electron chi connectivity index (χ3n) is 2.98. The van der Waals surface area contributed by atoms with Crippen LogP contribution in [-0.4, -0.2) is 22.1 Å². The van der Waals surface area contributed by atoms with E-state index in [4.69, 9.17) is 11.5 Å². The average molecular weight is 260 g/mol. The van der Waals surface area contributed by atoms with Crippen molar-refractivity contribution in [2.24, 2.45) is 11.5 Å². The van der Waals surface area contributed by atoms with Gasteiger partial charge < -0.3 is 11.5 Å². The second-order valence-electron chi connectivity index (χ2n) is 4.65. The van der Waals surface area contributed by atoms with Crippen LogP contribution in [0.1, 0.15) is 12.5 Å². The molecule has 2 unspecified atom stereocenters. The Labute approximate surface area is 111 Å². The van der Waals surface area contributed by atoms with Crippen LogP contribution in [0.5, 0.6) is 0 Å². The smallest absolute Gasteiger partial charge is 0.159 e. The number of nitrogens with zero attached hydrogens (tertiary/aromatic N) is 2. The Morgan fingerprint density at radius 1 is 1.11 bits per heavy atom. The molecule has 1 heterocycles. The summed E-state index contributed by atoms with van der Waals surface area (Å²) in [5.74, 6) is 0.0627. The Bertz CT molecular complexity index is 522. The molecular weight excluding hydrogens is 243 g/mol. The highest BCUT2D eigenvalue weighted by atomic mass is 19.1. The molecule has 0 radical (unpaired) electrons. The van der Waals surface area contributed by atoms with Gasteiger partial charge in [0.2, 0.25) is 0 Å². The molecule has 100 valence electrons. The highest BCUT2D eigenvalue weighted by Crippen LogP contribution is 2.16. The third-order valence-corrected chi connectivity index (χ3v) is 2.98. The Morgan fingerprint density at radius 2 is 1.68 bits per heavy atom. The van der Waals surface area contributed by atoms with Crippen molar-refractivity contribution < 1.29 is 4.39 Å². The molecule has 4 N–H and O–H groups in total. The lowest BCUT2D eigenvalue weighted by Crippen LogP contribution is -2.40. The molecule has 1 aromatic heterocycles. The van der Waals surface area contributed by atoms with E-state index in [1.165, 1.54) is 0 Å². The molecule has 0 aliphatic rings. The van der Waals surface area contributed by atoms with E-state index in [9.17, 15) is 4.39 Å². The van der Waals surface area contributed by atoms with E-state index in [-0.39, 0.29) is 12.1 Å². The molecule has 0 fully saturated rings. The minimum atomic E-state index is -0.441.